The Morgan fingerprint density at radius 3 is 2.17 bits per heavy atom. The van der Waals surface area contributed by atoms with E-state index >= 15 is 0 Å². The molecule has 0 bridgehead atoms. The number of carbonyl (C=O) groups is 3. The second-order valence-electron chi connectivity index (χ2n) is 7.25. The van der Waals surface area contributed by atoms with E-state index in [2.05, 4.69) is 22.8 Å². The van der Waals surface area contributed by atoms with E-state index in [0.29, 0.717) is 6.42 Å². The summed E-state index contributed by atoms with van der Waals surface area (Å²) in [6, 6.07) is 16.2. The maximum absolute atomic E-state index is 12.1. The standard InChI is InChI=1S/C23H26N2O5/c1-2-15(22(27)28)13-25-21(26)11-12-24-23(29)30-14-20-18-9-5-3-7-16(18)17-8-4-6-10-19(17)20/h3-10,15,20H,2,11-14H2,1H3,(H,24,29)(H,25,26)(H,27,28). The molecule has 0 aromatic heterocycles. The van der Waals surface area contributed by atoms with Gasteiger partial charge >= 0.3 is 12.1 Å². The largest absolute Gasteiger partial charge is 0.481 e. The van der Waals surface area contributed by atoms with Crippen LogP contribution in [0, 0.1) is 5.92 Å². The van der Waals surface area contributed by atoms with Gasteiger partial charge in [0.2, 0.25) is 5.91 Å². The highest BCUT2D eigenvalue weighted by molar-refractivity contribution is 5.79. The van der Waals surface area contributed by atoms with Gasteiger partial charge in [0, 0.05) is 25.4 Å². The van der Waals surface area contributed by atoms with Crippen LogP contribution in [-0.2, 0) is 14.3 Å². The number of ether oxygens (including phenoxy) is 1. The predicted octanol–water partition coefficient (Wildman–Crippen LogP) is 3.14. The Kier molecular flexibility index (Phi) is 7.06. The summed E-state index contributed by atoms with van der Waals surface area (Å²) in [6.07, 6.45) is -0.0879. The number of aliphatic carboxylic acids is 1. The van der Waals surface area contributed by atoms with Gasteiger partial charge in [-0.1, -0.05) is 55.5 Å². The van der Waals surface area contributed by atoms with Crippen molar-refractivity contribution >= 4 is 18.0 Å². The first-order valence-electron chi connectivity index (χ1n) is 10.1. The van der Waals surface area contributed by atoms with Crippen molar-refractivity contribution < 1.29 is 24.2 Å². The molecule has 0 spiro atoms. The van der Waals surface area contributed by atoms with E-state index < -0.39 is 18.0 Å². The van der Waals surface area contributed by atoms with Gasteiger partial charge in [-0.05, 0) is 28.7 Å². The van der Waals surface area contributed by atoms with Crippen LogP contribution < -0.4 is 10.6 Å². The number of nitrogens with one attached hydrogen (secondary N) is 2. The summed E-state index contributed by atoms with van der Waals surface area (Å²) in [5.74, 6) is -1.87. The molecule has 158 valence electrons. The zero-order valence-electron chi connectivity index (χ0n) is 16.9. The highest BCUT2D eigenvalue weighted by Crippen LogP contribution is 2.44. The Morgan fingerprint density at radius 1 is 1.00 bits per heavy atom. The molecule has 0 radical (unpaired) electrons. The highest BCUT2D eigenvalue weighted by atomic mass is 16.5. The third-order valence-corrected chi connectivity index (χ3v) is 5.35. The topological polar surface area (TPSA) is 105 Å². The maximum atomic E-state index is 12.1. The molecule has 7 nitrogen and oxygen atoms in total. The van der Waals surface area contributed by atoms with Gasteiger partial charge in [0.1, 0.15) is 6.61 Å². The lowest BCUT2D eigenvalue weighted by Crippen LogP contribution is -2.35. The van der Waals surface area contributed by atoms with Crippen molar-refractivity contribution in [3.05, 3.63) is 59.7 Å². The van der Waals surface area contributed by atoms with Gasteiger partial charge in [-0.3, -0.25) is 9.59 Å². The molecule has 1 aliphatic carbocycles. The summed E-state index contributed by atoms with van der Waals surface area (Å²) in [6.45, 7) is 2.16. The number of carboxylic acid groups (broad SMARTS) is 1. The monoisotopic (exact) mass is 410 g/mol. The van der Waals surface area contributed by atoms with Gasteiger partial charge in [-0.2, -0.15) is 0 Å². The van der Waals surface area contributed by atoms with Crippen LogP contribution in [0.3, 0.4) is 0 Å². The second kappa shape index (κ2) is 9.91. The molecule has 0 heterocycles. The number of fused-ring (bicyclic) bond motifs is 3. The maximum Gasteiger partial charge on any atom is 0.407 e. The predicted molar refractivity (Wildman–Crippen MR) is 112 cm³/mol. The average molecular weight is 410 g/mol. The quantitative estimate of drug-likeness (QED) is 0.589. The number of carboxylic acids is 1. The number of alkyl carbamates (subject to hydrolysis) is 1. The van der Waals surface area contributed by atoms with Crippen LogP contribution in [0.2, 0.25) is 0 Å². The third-order valence-electron chi connectivity index (χ3n) is 5.35. The van der Waals surface area contributed by atoms with E-state index in [4.69, 9.17) is 9.84 Å². The molecule has 0 aliphatic heterocycles. The molecule has 0 saturated heterocycles. The first-order chi connectivity index (χ1) is 14.5. The van der Waals surface area contributed by atoms with Crippen LogP contribution in [0.1, 0.15) is 36.8 Å². The molecular weight excluding hydrogens is 384 g/mol. The second-order valence-corrected chi connectivity index (χ2v) is 7.25. The van der Waals surface area contributed by atoms with Gasteiger partial charge in [-0.25, -0.2) is 4.79 Å². The average Bonchev–Trinajstić information content (AvgIpc) is 3.06. The minimum absolute atomic E-state index is 0.0200. The zero-order valence-corrected chi connectivity index (χ0v) is 16.9. The van der Waals surface area contributed by atoms with E-state index in [9.17, 15) is 14.4 Å². The molecule has 3 N–H and O–H groups in total. The van der Waals surface area contributed by atoms with Crippen LogP contribution in [0.15, 0.2) is 48.5 Å². The Labute approximate surface area is 175 Å². The fourth-order valence-corrected chi connectivity index (χ4v) is 3.66. The van der Waals surface area contributed by atoms with E-state index in [1.807, 2.05) is 36.4 Å². The SMILES string of the molecule is CCC(CNC(=O)CCNC(=O)OCC1c2ccccc2-c2ccccc21)C(=O)O. The zero-order chi connectivity index (χ0) is 21.5. The van der Waals surface area contributed by atoms with Crippen molar-refractivity contribution in [1.82, 2.24) is 10.6 Å². The van der Waals surface area contributed by atoms with Crippen LogP contribution in [0.5, 0.6) is 0 Å². The van der Waals surface area contributed by atoms with Crippen LogP contribution in [-0.4, -0.2) is 42.8 Å². The molecule has 0 saturated carbocycles. The van der Waals surface area contributed by atoms with E-state index in [-0.39, 0.29) is 37.9 Å². The minimum Gasteiger partial charge on any atom is -0.481 e. The summed E-state index contributed by atoms with van der Waals surface area (Å²) in [7, 11) is 0. The van der Waals surface area contributed by atoms with Crippen LogP contribution in [0.25, 0.3) is 11.1 Å². The van der Waals surface area contributed by atoms with E-state index in [1.165, 1.54) is 0 Å². The summed E-state index contributed by atoms with van der Waals surface area (Å²) in [5.41, 5.74) is 4.58. The molecule has 2 amide bonds. The van der Waals surface area contributed by atoms with Gasteiger partial charge in [0.05, 0.1) is 5.92 Å². The molecule has 2 aromatic rings. The minimum atomic E-state index is -0.936. The van der Waals surface area contributed by atoms with Gasteiger partial charge in [-0.15, -0.1) is 0 Å². The summed E-state index contributed by atoms with van der Waals surface area (Å²) in [4.78, 5) is 34.8. The lowest BCUT2D eigenvalue weighted by molar-refractivity contribution is -0.141. The molecule has 3 rings (SSSR count). The van der Waals surface area contributed by atoms with Crippen LogP contribution in [0.4, 0.5) is 4.79 Å². The first-order valence-corrected chi connectivity index (χ1v) is 10.1. The number of rotatable bonds is 9. The summed E-state index contributed by atoms with van der Waals surface area (Å²) in [5, 5.41) is 14.1. The Hall–Kier alpha value is -3.35. The molecule has 7 heteroatoms. The number of benzene rings is 2. The van der Waals surface area contributed by atoms with Crippen molar-refractivity contribution in [3.8, 4) is 11.1 Å². The molecule has 30 heavy (non-hydrogen) atoms. The molecule has 2 aromatic carbocycles. The molecule has 1 unspecified atom stereocenters. The Bertz CT molecular complexity index is 882. The number of hydrogen-bond donors (Lipinski definition) is 3. The molecule has 1 aliphatic rings. The van der Waals surface area contributed by atoms with Gasteiger partial charge < -0.3 is 20.5 Å². The smallest absolute Gasteiger partial charge is 0.407 e. The Morgan fingerprint density at radius 2 is 1.60 bits per heavy atom. The van der Waals surface area contributed by atoms with Crippen molar-refractivity contribution in [2.45, 2.75) is 25.7 Å². The van der Waals surface area contributed by atoms with Crippen molar-refractivity contribution in [1.29, 1.82) is 0 Å². The van der Waals surface area contributed by atoms with Crippen molar-refractivity contribution in [3.63, 3.8) is 0 Å². The molecular formula is C23H26N2O5. The molecule has 1 atom stereocenters. The summed E-state index contributed by atoms with van der Waals surface area (Å²) < 4.78 is 5.41. The fourth-order valence-electron chi connectivity index (χ4n) is 3.66. The van der Waals surface area contributed by atoms with Crippen molar-refractivity contribution in [2.75, 3.05) is 19.7 Å². The fraction of sp³-hybridized carbons (Fsp3) is 0.348. The highest BCUT2D eigenvalue weighted by Gasteiger charge is 2.28. The summed E-state index contributed by atoms with van der Waals surface area (Å²) >= 11 is 0. The number of amides is 2. The van der Waals surface area contributed by atoms with E-state index in [0.717, 1.165) is 22.3 Å². The van der Waals surface area contributed by atoms with Crippen molar-refractivity contribution in [2.24, 2.45) is 5.92 Å². The number of hydrogen-bond acceptors (Lipinski definition) is 4. The number of carbonyl (C=O) groups excluding carboxylic acids is 2. The van der Waals surface area contributed by atoms with Gasteiger partial charge in [0.15, 0.2) is 0 Å². The van der Waals surface area contributed by atoms with E-state index in [1.54, 1.807) is 6.92 Å². The van der Waals surface area contributed by atoms with Crippen LogP contribution >= 0.6 is 0 Å². The Balaban J connectivity index is 1.44. The lowest BCUT2D eigenvalue weighted by atomic mass is 9.98. The lowest BCUT2D eigenvalue weighted by Gasteiger charge is -2.15. The molecule has 0 fully saturated rings. The first kappa shape index (κ1) is 21.4. The normalized spacial score (nSPS) is 13.1. The third kappa shape index (κ3) is 4.97. The van der Waals surface area contributed by atoms with Gasteiger partial charge in [0.25, 0.3) is 0 Å².